The molecular formula is C21H13Cl4F6NO2. The van der Waals surface area contributed by atoms with E-state index in [1.54, 1.807) is 0 Å². The highest BCUT2D eigenvalue weighted by Crippen LogP contribution is 2.65. The van der Waals surface area contributed by atoms with Gasteiger partial charge in [0.05, 0.1) is 27.9 Å². The lowest BCUT2D eigenvalue weighted by atomic mass is 10.0. The van der Waals surface area contributed by atoms with Crippen LogP contribution in [-0.4, -0.2) is 22.2 Å². The lowest BCUT2D eigenvalue weighted by molar-refractivity contribution is -0.137. The van der Waals surface area contributed by atoms with E-state index in [9.17, 15) is 35.9 Å². The third-order valence-corrected chi connectivity index (χ3v) is 6.76. The number of rotatable bonds is 6. The Bertz CT molecular complexity index is 1130. The molecule has 0 saturated heterocycles. The van der Waals surface area contributed by atoms with Crippen molar-refractivity contribution in [2.75, 3.05) is 5.32 Å². The second-order valence-corrected chi connectivity index (χ2v) is 9.85. The van der Waals surface area contributed by atoms with Crippen molar-refractivity contribution in [2.24, 2.45) is 5.92 Å². The Morgan fingerprint density at radius 3 is 2.15 bits per heavy atom. The van der Waals surface area contributed by atoms with Gasteiger partial charge in [0.25, 0.3) is 0 Å². The van der Waals surface area contributed by atoms with Crippen LogP contribution in [0.25, 0.3) is 0 Å². The zero-order chi connectivity index (χ0) is 25.6. The van der Waals surface area contributed by atoms with Crippen LogP contribution in [0.3, 0.4) is 0 Å². The van der Waals surface area contributed by atoms with Crippen LogP contribution >= 0.6 is 46.4 Å². The molecule has 2 atom stereocenters. The zero-order valence-corrected chi connectivity index (χ0v) is 19.7. The van der Waals surface area contributed by atoms with Gasteiger partial charge in [0.1, 0.15) is 4.33 Å². The fourth-order valence-corrected chi connectivity index (χ4v) is 4.72. The van der Waals surface area contributed by atoms with Crippen LogP contribution in [0.5, 0.6) is 0 Å². The van der Waals surface area contributed by atoms with Gasteiger partial charge in [-0.15, -0.1) is 23.2 Å². The molecule has 1 fully saturated rings. The molecule has 2 unspecified atom stereocenters. The van der Waals surface area contributed by atoms with Crippen molar-refractivity contribution in [3.63, 3.8) is 0 Å². The number of amides is 1. The second kappa shape index (κ2) is 9.41. The van der Waals surface area contributed by atoms with Gasteiger partial charge in [-0.25, -0.2) is 0 Å². The first-order chi connectivity index (χ1) is 15.5. The predicted molar refractivity (Wildman–Crippen MR) is 117 cm³/mol. The Morgan fingerprint density at radius 1 is 0.941 bits per heavy atom. The fourth-order valence-electron chi connectivity index (χ4n) is 3.45. The summed E-state index contributed by atoms with van der Waals surface area (Å²) < 4.78 is 75.0. The molecule has 13 heteroatoms. The maximum absolute atomic E-state index is 13.2. The Balaban J connectivity index is 1.78. The smallest absolute Gasteiger partial charge is 0.326 e. The molecule has 0 aliphatic heterocycles. The summed E-state index contributed by atoms with van der Waals surface area (Å²) in [5.74, 6) is -3.80. The quantitative estimate of drug-likeness (QED) is 0.218. The number of hydrogen-bond donors (Lipinski definition) is 1. The normalized spacial score (nSPS) is 19.6. The molecule has 0 aromatic heterocycles. The molecule has 0 heterocycles. The van der Waals surface area contributed by atoms with E-state index in [0.29, 0.717) is 0 Å². The largest absolute Gasteiger partial charge is 0.417 e. The van der Waals surface area contributed by atoms with Gasteiger partial charge < -0.3 is 5.32 Å². The number of nitrogens with one attached hydrogen (secondary N) is 1. The van der Waals surface area contributed by atoms with Crippen LogP contribution in [0.15, 0.2) is 36.4 Å². The predicted octanol–water partition coefficient (Wildman–Crippen LogP) is 8.06. The van der Waals surface area contributed by atoms with Gasteiger partial charge in [-0.3, -0.25) is 9.59 Å². The first kappa shape index (κ1) is 26.9. The van der Waals surface area contributed by atoms with Gasteiger partial charge >= 0.3 is 12.4 Å². The average Bonchev–Trinajstić information content (AvgIpc) is 3.28. The van der Waals surface area contributed by atoms with E-state index in [4.69, 9.17) is 46.4 Å². The Labute approximate surface area is 209 Å². The summed E-state index contributed by atoms with van der Waals surface area (Å²) in [7, 11) is 0. The number of ketones is 1. The van der Waals surface area contributed by atoms with E-state index < -0.39 is 63.6 Å². The lowest BCUT2D eigenvalue weighted by Gasteiger charge is -2.11. The van der Waals surface area contributed by atoms with Crippen molar-refractivity contribution < 1.29 is 35.9 Å². The molecule has 1 amide bonds. The van der Waals surface area contributed by atoms with Crippen molar-refractivity contribution in [2.45, 2.75) is 35.4 Å². The maximum Gasteiger partial charge on any atom is 0.417 e. The van der Waals surface area contributed by atoms with Crippen molar-refractivity contribution in [3.05, 3.63) is 63.1 Å². The van der Waals surface area contributed by atoms with E-state index in [1.807, 2.05) is 0 Å². The number of halogens is 10. The molecule has 2 aromatic rings. The van der Waals surface area contributed by atoms with Gasteiger partial charge in [-0.05, 0) is 35.9 Å². The lowest BCUT2D eigenvalue weighted by Crippen LogP contribution is -2.17. The monoisotopic (exact) mass is 565 g/mol. The van der Waals surface area contributed by atoms with Crippen molar-refractivity contribution >= 4 is 63.8 Å². The minimum atomic E-state index is -4.74. The second-order valence-electron chi connectivity index (χ2n) is 7.59. The highest BCUT2D eigenvalue weighted by Gasteiger charge is 2.67. The van der Waals surface area contributed by atoms with E-state index in [1.165, 1.54) is 18.2 Å². The third-order valence-electron chi connectivity index (χ3n) is 5.16. The molecule has 0 spiro atoms. The zero-order valence-electron chi connectivity index (χ0n) is 16.6. The van der Waals surface area contributed by atoms with Crippen LogP contribution in [0.4, 0.5) is 32.0 Å². The number of benzene rings is 2. The van der Waals surface area contributed by atoms with E-state index in [0.717, 1.165) is 18.2 Å². The molecule has 1 aliphatic carbocycles. The summed E-state index contributed by atoms with van der Waals surface area (Å²) in [6, 6.07) is 6.67. The number of alkyl halides is 8. The van der Waals surface area contributed by atoms with E-state index in [2.05, 4.69) is 5.32 Å². The molecule has 1 N–H and O–H groups in total. The number of Topliss-reactive ketones (excluding diaryl/α,β-unsaturated/α-hetero) is 1. The minimum absolute atomic E-state index is 0.0200. The molecule has 1 aliphatic rings. The molecule has 0 radical (unpaired) electrons. The van der Waals surface area contributed by atoms with Crippen LogP contribution < -0.4 is 5.32 Å². The Hall–Kier alpha value is -1.68. The summed E-state index contributed by atoms with van der Waals surface area (Å²) in [6.45, 7) is 0. The average molecular weight is 567 g/mol. The highest BCUT2D eigenvalue weighted by molar-refractivity contribution is 6.53. The maximum atomic E-state index is 13.2. The molecular weight excluding hydrogens is 554 g/mol. The Kier molecular flexibility index (Phi) is 7.45. The van der Waals surface area contributed by atoms with Gasteiger partial charge in [-0.1, -0.05) is 29.3 Å². The van der Waals surface area contributed by atoms with Crippen LogP contribution in [-0.2, 0) is 11.0 Å². The van der Waals surface area contributed by atoms with Gasteiger partial charge in [0.2, 0.25) is 5.91 Å². The first-order valence-corrected chi connectivity index (χ1v) is 11.0. The molecule has 3 nitrogen and oxygen atoms in total. The van der Waals surface area contributed by atoms with Gasteiger partial charge in [0.15, 0.2) is 5.78 Å². The number of hydrogen-bond acceptors (Lipinski definition) is 2. The number of anilines is 1. The molecule has 1 saturated carbocycles. The van der Waals surface area contributed by atoms with Crippen molar-refractivity contribution in [1.82, 2.24) is 0 Å². The minimum Gasteiger partial charge on any atom is -0.326 e. The third kappa shape index (κ3) is 5.93. The molecule has 34 heavy (non-hydrogen) atoms. The van der Waals surface area contributed by atoms with Crippen LogP contribution in [0.2, 0.25) is 10.0 Å². The first-order valence-electron chi connectivity index (χ1n) is 9.47. The van der Waals surface area contributed by atoms with Crippen molar-refractivity contribution in [3.8, 4) is 0 Å². The van der Waals surface area contributed by atoms with Crippen LogP contribution in [0.1, 0.15) is 40.2 Å². The summed E-state index contributed by atoms with van der Waals surface area (Å²) in [6.07, 6.45) is -11.5. The van der Waals surface area contributed by atoms with Crippen molar-refractivity contribution in [1.29, 1.82) is 0 Å². The van der Waals surface area contributed by atoms with E-state index in [-0.39, 0.29) is 21.8 Å². The molecule has 3 rings (SSSR count). The topological polar surface area (TPSA) is 46.2 Å². The Morgan fingerprint density at radius 2 is 1.56 bits per heavy atom. The number of carbonyl (C=O) groups excluding carboxylic acids is 2. The molecule has 2 aromatic carbocycles. The summed E-state index contributed by atoms with van der Waals surface area (Å²) in [4.78, 5) is 24.9. The molecule has 0 bridgehead atoms. The standard InChI is InChI=1S/C21H13Cl4F6NO2/c22-13-4-2-10(8-11(13)15(33)5-6-19(26,27)28)32-18(34)17-16(20(17,24)25)9-1-3-14(23)12(7-9)21(29,30)31/h1-4,7-8,16-17H,5-6H2,(H,32,34). The summed E-state index contributed by atoms with van der Waals surface area (Å²) in [5, 5.41) is 1.78. The van der Waals surface area contributed by atoms with Gasteiger partial charge in [0, 0.05) is 23.6 Å². The summed E-state index contributed by atoms with van der Waals surface area (Å²) >= 11 is 23.9. The van der Waals surface area contributed by atoms with E-state index >= 15 is 0 Å². The summed E-state index contributed by atoms with van der Waals surface area (Å²) in [5.41, 5.74) is -1.28. The SMILES string of the molecule is O=C(CCC(F)(F)F)c1cc(NC(=O)C2C(c3ccc(Cl)c(C(F)(F)F)c3)C2(Cl)Cl)ccc1Cl. The van der Waals surface area contributed by atoms with Crippen LogP contribution in [0, 0.1) is 5.92 Å². The highest BCUT2D eigenvalue weighted by atomic mass is 35.5. The molecule has 184 valence electrons. The fraction of sp³-hybridized carbons (Fsp3) is 0.333. The van der Waals surface area contributed by atoms with Gasteiger partial charge in [-0.2, -0.15) is 26.3 Å². The number of carbonyl (C=O) groups is 2.